The minimum atomic E-state index is -1.80. The number of aliphatic hydroxyl groups is 1. The van der Waals surface area contributed by atoms with Crippen LogP contribution < -0.4 is 21.5 Å². The van der Waals surface area contributed by atoms with Crippen LogP contribution in [0.15, 0.2) is 28.7 Å². The molecule has 1 unspecified atom stereocenters. The van der Waals surface area contributed by atoms with E-state index in [1.54, 1.807) is 21.6 Å². The summed E-state index contributed by atoms with van der Waals surface area (Å²) < 4.78 is 7.14. The number of nitrogens with two attached hydrogens (primary N) is 2. The van der Waals surface area contributed by atoms with Crippen molar-refractivity contribution in [2.45, 2.75) is 44.0 Å². The Morgan fingerprint density at radius 1 is 1.32 bits per heavy atom. The maximum atomic E-state index is 13.2. The number of aromatic nitrogens is 4. The number of nitrogens with zero attached hydrogens (tertiary/aromatic N) is 6. The number of oxime groups is 1. The molecule has 2 aliphatic rings. The van der Waals surface area contributed by atoms with Crippen LogP contribution in [0.2, 0.25) is 0 Å². The normalized spacial score (nSPS) is 19.2. The van der Waals surface area contributed by atoms with Gasteiger partial charge in [-0.2, -0.15) is 9.36 Å². The fraction of sp³-hybridized carbons (Fsp3) is 0.429. The second-order valence-electron chi connectivity index (χ2n) is 9.11. The van der Waals surface area contributed by atoms with E-state index in [0.29, 0.717) is 11.4 Å². The molecule has 1 fully saturated rings. The number of nitrogens with one attached hydrogen (secondary N) is 1. The minimum Gasteiger partial charge on any atom is -0.478 e. The zero-order valence-electron chi connectivity index (χ0n) is 21.2. The number of carbonyl (C=O) groups is 4. The van der Waals surface area contributed by atoms with Crippen LogP contribution in [0.3, 0.4) is 0 Å². The van der Waals surface area contributed by atoms with Crippen LogP contribution in [-0.4, -0.2) is 93.1 Å². The highest BCUT2D eigenvalue weighted by molar-refractivity contribution is 8.00. The predicted octanol–water partition coefficient (Wildman–Crippen LogP) is -2.19. The summed E-state index contributed by atoms with van der Waals surface area (Å²) in [5.41, 5.74) is 9.45. The zero-order valence-corrected chi connectivity index (χ0v) is 22.8. The van der Waals surface area contributed by atoms with Gasteiger partial charge < -0.3 is 36.9 Å². The highest BCUT2D eigenvalue weighted by atomic mass is 32.2. The number of fused-ring (bicyclic) bond motifs is 1. The van der Waals surface area contributed by atoms with E-state index in [4.69, 9.17) is 16.3 Å². The summed E-state index contributed by atoms with van der Waals surface area (Å²) in [4.78, 5) is 59.9. The summed E-state index contributed by atoms with van der Waals surface area (Å²) in [6.45, 7) is 2.54. The third-order valence-electron chi connectivity index (χ3n) is 5.98. The highest BCUT2D eigenvalue weighted by Gasteiger charge is 2.55. The summed E-state index contributed by atoms with van der Waals surface area (Å²) in [6.07, 6.45) is 1.64. The molecule has 0 radical (unpaired) electrons. The Morgan fingerprint density at radius 2 is 2.05 bits per heavy atom. The Morgan fingerprint density at radius 3 is 2.65 bits per heavy atom. The number of aliphatic carboxylic acids is 2. The molecule has 0 saturated carbocycles. The fourth-order valence-corrected chi connectivity index (χ4v) is 5.66. The molecule has 4 heterocycles. The Bertz CT molecular complexity index is 1430. The van der Waals surface area contributed by atoms with Crippen molar-refractivity contribution < 1.29 is 44.0 Å². The second kappa shape index (κ2) is 11.1. The van der Waals surface area contributed by atoms with Crippen LogP contribution >= 0.6 is 23.3 Å². The third-order valence-corrected chi connectivity index (χ3v) is 7.86. The van der Waals surface area contributed by atoms with Gasteiger partial charge in [-0.1, -0.05) is 5.16 Å². The van der Waals surface area contributed by atoms with Crippen LogP contribution in [0.5, 0.6) is 0 Å². The first-order chi connectivity index (χ1) is 18.9. The largest absolute Gasteiger partial charge is 0.478 e. The number of nitrogen functional groups attached to an aromatic ring is 2. The maximum absolute atomic E-state index is 13.2. The molecule has 4 rings (SSSR count). The van der Waals surface area contributed by atoms with Gasteiger partial charge in [0.2, 0.25) is 17.1 Å². The van der Waals surface area contributed by atoms with Crippen molar-refractivity contribution in [1.29, 1.82) is 0 Å². The molecular formula is C21H26N9O8S2+. The number of aliphatic hydroxyl groups excluding tert-OH is 1. The Balaban J connectivity index is 1.56. The SMILES string of the molecule is CC(C)(O/N=C(/C(=O)NC1C(=O)N2C(C(=O)O)=C(C[n+]3ccc(N)n3CCO)CS[C@H]12)c1nsc(N)n1)C(=O)O. The monoisotopic (exact) mass is 596 g/mol. The van der Waals surface area contributed by atoms with Crippen molar-refractivity contribution in [3.63, 3.8) is 0 Å². The number of amides is 2. The molecular weight excluding hydrogens is 570 g/mol. The molecule has 8 N–H and O–H groups in total. The van der Waals surface area contributed by atoms with Crippen molar-refractivity contribution in [2.75, 3.05) is 23.8 Å². The number of hydrogen-bond acceptors (Lipinski definition) is 13. The Hall–Kier alpha value is -4.23. The third kappa shape index (κ3) is 5.42. The van der Waals surface area contributed by atoms with Gasteiger partial charge in [-0.3, -0.25) is 14.5 Å². The van der Waals surface area contributed by atoms with Crippen LogP contribution in [0.1, 0.15) is 19.7 Å². The van der Waals surface area contributed by atoms with Gasteiger partial charge in [0.25, 0.3) is 11.8 Å². The van der Waals surface area contributed by atoms with Gasteiger partial charge in [0.1, 0.15) is 23.7 Å². The van der Waals surface area contributed by atoms with Gasteiger partial charge in [-0.15, -0.1) is 21.1 Å². The van der Waals surface area contributed by atoms with Crippen LogP contribution in [-0.2, 0) is 37.1 Å². The van der Waals surface area contributed by atoms with Crippen molar-refractivity contribution in [3.05, 3.63) is 29.4 Å². The van der Waals surface area contributed by atoms with Crippen LogP contribution in [0, 0.1) is 0 Å². The number of hydrogen-bond donors (Lipinski definition) is 6. The maximum Gasteiger partial charge on any atom is 0.352 e. The molecule has 2 atom stereocenters. The van der Waals surface area contributed by atoms with Crippen molar-refractivity contribution in [1.82, 2.24) is 24.3 Å². The van der Waals surface area contributed by atoms with E-state index in [2.05, 4.69) is 19.8 Å². The molecule has 40 heavy (non-hydrogen) atoms. The van der Waals surface area contributed by atoms with Gasteiger partial charge >= 0.3 is 11.9 Å². The van der Waals surface area contributed by atoms with Gasteiger partial charge in [-0.05, 0) is 13.8 Å². The van der Waals surface area contributed by atoms with E-state index in [1.165, 1.54) is 25.6 Å². The Kier molecular flexibility index (Phi) is 7.98. The Labute approximate surface area is 234 Å². The molecule has 2 aromatic heterocycles. The summed E-state index contributed by atoms with van der Waals surface area (Å²) >= 11 is 2.01. The van der Waals surface area contributed by atoms with Gasteiger partial charge in [-0.25, -0.2) is 9.59 Å². The molecule has 2 aliphatic heterocycles. The number of β-lactam (4-membered cyclic amide) rings is 1. The lowest BCUT2D eigenvalue weighted by Gasteiger charge is -2.49. The van der Waals surface area contributed by atoms with Crippen LogP contribution in [0.4, 0.5) is 10.9 Å². The summed E-state index contributed by atoms with van der Waals surface area (Å²) in [5, 5.41) is 34.0. The van der Waals surface area contributed by atoms with Crippen molar-refractivity contribution >= 4 is 63.7 Å². The van der Waals surface area contributed by atoms with E-state index in [0.717, 1.165) is 16.4 Å². The summed E-state index contributed by atoms with van der Waals surface area (Å²) in [6, 6.07) is 0.490. The molecule has 2 aromatic rings. The average Bonchev–Trinajstić information content (AvgIpc) is 3.47. The van der Waals surface area contributed by atoms with E-state index in [-0.39, 0.29) is 42.1 Å². The van der Waals surface area contributed by atoms with Gasteiger partial charge in [0, 0.05) is 22.9 Å². The molecule has 19 heteroatoms. The first-order valence-electron chi connectivity index (χ1n) is 11.6. The number of anilines is 2. The molecule has 2 amide bonds. The topological polar surface area (TPSA) is 252 Å². The first-order valence-corrected chi connectivity index (χ1v) is 13.4. The van der Waals surface area contributed by atoms with Gasteiger partial charge in [0.15, 0.2) is 23.7 Å². The number of carbonyl (C=O) groups excluding carboxylic acids is 2. The zero-order chi connectivity index (χ0) is 29.4. The highest BCUT2D eigenvalue weighted by Crippen LogP contribution is 2.40. The molecule has 0 aromatic carbocycles. The van der Waals surface area contributed by atoms with E-state index in [9.17, 15) is 34.5 Å². The molecule has 214 valence electrons. The first kappa shape index (κ1) is 28.8. The van der Waals surface area contributed by atoms with Gasteiger partial charge in [0.05, 0.1) is 12.7 Å². The molecule has 0 bridgehead atoms. The molecule has 1 saturated heterocycles. The average molecular weight is 597 g/mol. The number of rotatable bonds is 11. The lowest BCUT2D eigenvalue weighted by Crippen LogP contribution is -2.71. The number of thioether (sulfide) groups is 1. The van der Waals surface area contributed by atoms with E-state index < -0.39 is 46.5 Å². The van der Waals surface area contributed by atoms with E-state index in [1.807, 2.05) is 0 Å². The number of carboxylic acids is 2. The fourth-order valence-electron chi connectivity index (χ4n) is 3.89. The standard InChI is InChI=1S/C21H25N9O8S2/c1-21(2,19(36)37)38-26-11(14-25-20(23)40-27-14)15(32)24-12-16(33)30-13(18(34)35)9(8-39-17(12)30)7-28-4-3-10(22)29(28)5-6-31/h3-4,12,17,22,31H,5-8H2,1-2H3,(H5,23,24,25,27,32,34,35,36,37)/p+1/b26-11+/t12?,17-/m1/s1. The molecule has 0 spiro atoms. The van der Waals surface area contributed by atoms with E-state index >= 15 is 0 Å². The quantitative estimate of drug-likeness (QED) is 0.0698. The van der Waals surface area contributed by atoms with Crippen molar-refractivity contribution in [3.8, 4) is 0 Å². The lowest BCUT2D eigenvalue weighted by atomic mass is 10.0. The lowest BCUT2D eigenvalue weighted by molar-refractivity contribution is -0.767. The second-order valence-corrected chi connectivity index (χ2v) is 11.0. The summed E-state index contributed by atoms with van der Waals surface area (Å²) in [5.74, 6) is -3.93. The summed E-state index contributed by atoms with van der Waals surface area (Å²) in [7, 11) is 0. The van der Waals surface area contributed by atoms with Crippen LogP contribution in [0.25, 0.3) is 0 Å². The smallest absolute Gasteiger partial charge is 0.352 e. The molecule has 0 aliphatic carbocycles. The number of carboxylic acid groups (broad SMARTS) is 2. The minimum absolute atomic E-state index is 0.00949. The van der Waals surface area contributed by atoms with Crippen molar-refractivity contribution in [2.24, 2.45) is 5.16 Å². The molecule has 17 nitrogen and oxygen atoms in total. The predicted molar refractivity (Wildman–Crippen MR) is 139 cm³/mol.